The van der Waals surface area contributed by atoms with Crippen molar-refractivity contribution in [3.05, 3.63) is 54.5 Å². The highest BCUT2D eigenvalue weighted by Gasteiger charge is 2.21. The predicted octanol–water partition coefficient (Wildman–Crippen LogP) is 3.02. The summed E-state index contributed by atoms with van der Waals surface area (Å²) in [4.78, 5) is 18.9. The van der Waals surface area contributed by atoms with E-state index >= 15 is 0 Å². The molecule has 1 aliphatic heterocycles. The van der Waals surface area contributed by atoms with Crippen molar-refractivity contribution in [2.45, 2.75) is 19.3 Å². The van der Waals surface area contributed by atoms with E-state index in [0.717, 1.165) is 37.1 Å². The molecular weight excluding hydrogens is 288 g/mol. The number of rotatable bonds is 2. The first kappa shape index (κ1) is 13.9. The quantitative estimate of drug-likeness (QED) is 0.731. The van der Waals surface area contributed by atoms with Gasteiger partial charge in [0.15, 0.2) is 11.3 Å². The minimum Gasteiger partial charge on any atom is -0.337 e. The number of benzene rings is 1. The van der Waals surface area contributed by atoms with Crippen molar-refractivity contribution < 1.29 is 4.79 Å². The maximum atomic E-state index is 12.5. The van der Waals surface area contributed by atoms with Crippen molar-refractivity contribution in [3.8, 4) is 11.1 Å². The summed E-state index contributed by atoms with van der Waals surface area (Å²) in [5, 5.41) is 4.44. The molecule has 0 aliphatic carbocycles. The van der Waals surface area contributed by atoms with E-state index in [1.807, 2.05) is 47.6 Å². The first-order chi connectivity index (χ1) is 11.3. The molecule has 0 atom stereocenters. The molecule has 0 spiro atoms. The third-order valence-corrected chi connectivity index (χ3v) is 4.28. The van der Waals surface area contributed by atoms with Crippen LogP contribution in [0.1, 0.15) is 29.8 Å². The number of fused-ring (bicyclic) bond motifs is 1. The third kappa shape index (κ3) is 2.70. The number of piperidine rings is 1. The molecule has 1 aliphatic rings. The average Bonchev–Trinajstić information content (AvgIpc) is 3.06. The van der Waals surface area contributed by atoms with E-state index in [9.17, 15) is 4.79 Å². The van der Waals surface area contributed by atoms with Crippen LogP contribution in [-0.4, -0.2) is 38.5 Å². The zero-order valence-corrected chi connectivity index (χ0v) is 12.9. The molecule has 0 N–H and O–H groups in total. The van der Waals surface area contributed by atoms with E-state index in [4.69, 9.17) is 0 Å². The molecule has 2 aromatic heterocycles. The second-order valence-corrected chi connectivity index (χ2v) is 5.89. The van der Waals surface area contributed by atoms with Crippen molar-refractivity contribution in [2.75, 3.05) is 13.1 Å². The number of aromatic nitrogens is 3. The molecule has 1 aromatic carbocycles. The fraction of sp³-hybridized carbons (Fsp3) is 0.278. The highest BCUT2D eigenvalue weighted by atomic mass is 16.2. The Bertz CT molecular complexity index is 835. The van der Waals surface area contributed by atoms with Crippen LogP contribution in [-0.2, 0) is 0 Å². The molecule has 3 aromatic rings. The second-order valence-electron chi connectivity index (χ2n) is 5.89. The molecule has 0 unspecified atom stereocenters. The summed E-state index contributed by atoms with van der Waals surface area (Å²) in [5.74, 6) is 0.0106. The number of hydrogen-bond acceptors (Lipinski definition) is 3. The lowest BCUT2D eigenvalue weighted by molar-refractivity contribution is 0.0718. The van der Waals surface area contributed by atoms with Gasteiger partial charge in [0.1, 0.15) is 0 Å². The van der Waals surface area contributed by atoms with Crippen LogP contribution in [0.25, 0.3) is 16.8 Å². The van der Waals surface area contributed by atoms with Crippen molar-refractivity contribution in [1.29, 1.82) is 0 Å². The normalized spacial score (nSPS) is 15.0. The first-order valence-electron chi connectivity index (χ1n) is 8.01. The minimum absolute atomic E-state index is 0.0106. The summed E-state index contributed by atoms with van der Waals surface area (Å²) in [7, 11) is 0. The Labute approximate surface area is 134 Å². The number of nitrogens with zero attached hydrogens (tertiary/aromatic N) is 4. The number of likely N-dealkylation sites (tertiary alicyclic amines) is 1. The van der Waals surface area contributed by atoms with E-state index in [0.29, 0.717) is 11.3 Å². The van der Waals surface area contributed by atoms with Crippen molar-refractivity contribution in [1.82, 2.24) is 19.5 Å². The molecule has 0 saturated carbocycles. The molecule has 116 valence electrons. The SMILES string of the molecule is O=C(c1cc2ncc(-c3ccccc3)cn2n1)N1CCCCC1. The van der Waals surface area contributed by atoms with E-state index in [2.05, 4.69) is 10.1 Å². The molecule has 3 heterocycles. The van der Waals surface area contributed by atoms with Gasteiger partial charge in [-0.2, -0.15) is 5.10 Å². The van der Waals surface area contributed by atoms with Gasteiger partial charge >= 0.3 is 0 Å². The summed E-state index contributed by atoms with van der Waals surface area (Å²) in [5.41, 5.74) is 3.24. The lowest BCUT2D eigenvalue weighted by atomic mass is 10.1. The van der Waals surface area contributed by atoms with Gasteiger partial charge in [0.05, 0.1) is 0 Å². The monoisotopic (exact) mass is 306 g/mol. The molecule has 1 fully saturated rings. The fourth-order valence-corrected chi connectivity index (χ4v) is 3.02. The standard InChI is InChI=1S/C18H18N4O/c23-18(21-9-5-2-6-10-21)16-11-17-19-12-15(13-22(17)20-16)14-7-3-1-4-8-14/h1,3-4,7-8,11-13H,2,5-6,9-10H2. The largest absolute Gasteiger partial charge is 0.337 e. The molecule has 4 rings (SSSR count). The van der Waals surface area contributed by atoms with Crippen LogP contribution in [0, 0.1) is 0 Å². The van der Waals surface area contributed by atoms with Gasteiger partial charge in [-0.05, 0) is 24.8 Å². The minimum atomic E-state index is 0.0106. The number of hydrogen-bond donors (Lipinski definition) is 0. The van der Waals surface area contributed by atoms with Crippen LogP contribution in [0.15, 0.2) is 48.8 Å². The highest BCUT2D eigenvalue weighted by molar-refractivity contribution is 5.93. The Balaban J connectivity index is 1.66. The van der Waals surface area contributed by atoms with Gasteiger partial charge in [0, 0.05) is 37.1 Å². The van der Waals surface area contributed by atoms with Gasteiger partial charge in [-0.1, -0.05) is 30.3 Å². The number of carbonyl (C=O) groups is 1. The Morgan fingerprint density at radius 3 is 2.57 bits per heavy atom. The summed E-state index contributed by atoms with van der Waals surface area (Å²) in [6.45, 7) is 1.66. The zero-order valence-electron chi connectivity index (χ0n) is 12.9. The van der Waals surface area contributed by atoms with Crippen LogP contribution >= 0.6 is 0 Å². The van der Waals surface area contributed by atoms with Gasteiger partial charge in [0.2, 0.25) is 0 Å². The molecule has 1 saturated heterocycles. The van der Waals surface area contributed by atoms with Crippen molar-refractivity contribution in [2.24, 2.45) is 0 Å². The Kier molecular flexibility index (Phi) is 3.54. The van der Waals surface area contributed by atoms with Crippen molar-refractivity contribution in [3.63, 3.8) is 0 Å². The predicted molar refractivity (Wildman–Crippen MR) is 88.2 cm³/mol. The number of amides is 1. The Hall–Kier alpha value is -2.69. The molecule has 5 heteroatoms. The van der Waals surface area contributed by atoms with Crippen LogP contribution in [0.5, 0.6) is 0 Å². The van der Waals surface area contributed by atoms with Gasteiger partial charge in [-0.15, -0.1) is 0 Å². The van der Waals surface area contributed by atoms with Gasteiger partial charge in [-0.3, -0.25) is 4.79 Å². The van der Waals surface area contributed by atoms with Gasteiger partial charge in [-0.25, -0.2) is 9.50 Å². The van der Waals surface area contributed by atoms with Crippen molar-refractivity contribution >= 4 is 11.6 Å². The summed E-state index contributed by atoms with van der Waals surface area (Å²) >= 11 is 0. The van der Waals surface area contributed by atoms with Gasteiger partial charge < -0.3 is 4.90 Å². The molecule has 0 bridgehead atoms. The van der Waals surface area contributed by atoms with Crippen LogP contribution in [0.4, 0.5) is 0 Å². The summed E-state index contributed by atoms with van der Waals surface area (Å²) in [6.07, 6.45) is 7.11. The van der Waals surface area contributed by atoms with E-state index < -0.39 is 0 Å². The molecule has 5 nitrogen and oxygen atoms in total. The zero-order chi connectivity index (χ0) is 15.6. The van der Waals surface area contributed by atoms with Crippen LogP contribution < -0.4 is 0 Å². The molecule has 1 amide bonds. The molecule has 0 radical (unpaired) electrons. The lowest BCUT2D eigenvalue weighted by Crippen LogP contribution is -2.35. The first-order valence-corrected chi connectivity index (χ1v) is 8.01. The number of carbonyl (C=O) groups excluding carboxylic acids is 1. The summed E-state index contributed by atoms with van der Waals surface area (Å²) in [6, 6.07) is 11.8. The Morgan fingerprint density at radius 2 is 1.78 bits per heavy atom. The van der Waals surface area contributed by atoms with Crippen LogP contribution in [0.2, 0.25) is 0 Å². The second kappa shape index (κ2) is 5.83. The third-order valence-electron chi connectivity index (χ3n) is 4.28. The molecule has 23 heavy (non-hydrogen) atoms. The lowest BCUT2D eigenvalue weighted by Gasteiger charge is -2.25. The van der Waals surface area contributed by atoms with E-state index in [-0.39, 0.29) is 5.91 Å². The van der Waals surface area contributed by atoms with E-state index in [1.54, 1.807) is 10.6 Å². The maximum absolute atomic E-state index is 12.5. The summed E-state index contributed by atoms with van der Waals surface area (Å²) < 4.78 is 1.69. The fourth-order valence-electron chi connectivity index (χ4n) is 3.02. The molecular formula is C18H18N4O. The average molecular weight is 306 g/mol. The Morgan fingerprint density at radius 1 is 1.00 bits per heavy atom. The topological polar surface area (TPSA) is 50.5 Å². The highest BCUT2D eigenvalue weighted by Crippen LogP contribution is 2.19. The van der Waals surface area contributed by atoms with Gasteiger partial charge in [0.25, 0.3) is 5.91 Å². The van der Waals surface area contributed by atoms with Crippen LogP contribution in [0.3, 0.4) is 0 Å². The maximum Gasteiger partial charge on any atom is 0.274 e. The smallest absolute Gasteiger partial charge is 0.274 e. The van der Waals surface area contributed by atoms with E-state index in [1.165, 1.54) is 6.42 Å².